The highest BCUT2D eigenvalue weighted by atomic mass is 16.2. The SMILES string of the molecule is CNC(C)CN1CCN(C(C)C)C(=O)C1. The van der Waals surface area contributed by atoms with Crippen LogP contribution in [-0.2, 0) is 4.79 Å². The summed E-state index contributed by atoms with van der Waals surface area (Å²) >= 11 is 0. The molecule has 1 aliphatic heterocycles. The van der Waals surface area contributed by atoms with Crippen LogP contribution in [0.4, 0.5) is 0 Å². The van der Waals surface area contributed by atoms with E-state index in [9.17, 15) is 4.79 Å². The monoisotopic (exact) mass is 213 g/mol. The maximum Gasteiger partial charge on any atom is 0.237 e. The van der Waals surface area contributed by atoms with Gasteiger partial charge in [-0.2, -0.15) is 0 Å². The molecule has 0 bridgehead atoms. The Morgan fingerprint density at radius 3 is 2.47 bits per heavy atom. The van der Waals surface area contributed by atoms with Crippen LogP contribution in [0.15, 0.2) is 0 Å². The van der Waals surface area contributed by atoms with E-state index >= 15 is 0 Å². The van der Waals surface area contributed by atoms with Gasteiger partial charge < -0.3 is 10.2 Å². The lowest BCUT2D eigenvalue weighted by atomic mass is 10.2. The molecule has 88 valence electrons. The summed E-state index contributed by atoms with van der Waals surface area (Å²) in [6.45, 7) is 9.67. The molecule has 1 aliphatic rings. The molecule has 0 saturated carbocycles. The summed E-state index contributed by atoms with van der Waals surface area (Å²) < 4.78 is 0. The van der Waals surface area contributed by atoms with E-state index < -0.39 is 0 Å². The lowest BCUT2D eigenvalue weighted by Gasteiger charge is -2.37. The van der Waals surface area contributed by atoms with E-state index in [0.717, 1.165) is 19.6 Å². The second-order valence-electron chi connectivity index (χ2n) is 4.61. The van der Waals surface area contributed by atoms with Gasteiger partial charge in [0, 0.05) is 31.7 Å². The average Bonchev–Trinajstić information content (AvgIpc) is 2.17. The van der Waals surface area contributed by atoms with Gasteiger partial charge in [-0.3, -0.25) is 9.69 Å². The first kappa shape index (κ1) is 12.5. The van der Waals surface area contributed by atoms with Gasteiger partial charge >= 0.3 is 0 Å². The fourth-order valence-electron chi connectivity index (χ4n) is 1.92. The van der Waals surface area contributed by atoms with Gasteiger partial charge in [-0.25, -0.2) is 0 Å². The maximum absolute atomic E-state index is 11.8. The molecule has 15 heavy (non-hydrogen) atoms. The Morgan fingerprint density at radius 2 is 2.00 bits per heavy atom. The van der Waals surface area contributed by atoms with Crippen LogP contribution in [0.5, 0.6) is 0 Å². The number of hydrogen-bond acceptors (Lipinski definition) is 3. The highest BCUT2D eigenvalue weighted by Gasteiger charge is 2.25. The van der Waals surface area contributed by atoms with Crippen molar-refractivity contribution in [2.75, 3.05) is 33.2 Å². The van der Waals surface area contributed by atoms with Crippen LogP contribution in [0, 0.1) is 0 Å². The molecule has 1 rings (SSSR count). The van der Waals surface area contributed by atoms with E-state index in [-0.39, 0.29) is 5.91 Å². The molecule has 0 radical (unpaired) electrons. The summed E-state index contributed by atoms with van der Waals surface area (Å²) in [6.07, 6.45) is 0. The predicted octanol–water partition coefficient (Wildman–Crippen LogP) is 0.147. The summed E-state index contributed by atoms with van der Waals surface area (Å²) in [6, 6.07) is 0.782. The van der Waals surface area contributed by atoms with Crippen LogP contribution >= 0.6 is 0 Å². The van der Waals surface area contributed by atoms with E-state index in [1.807, 2.05) is 11.9 Å². The Bertz CT molecular complexity index is 218. The number of nitrogens with one attached hydrogen (secondary N) is 1. The van der Waals surface area contributed by atoms with Crippen molar-refractivity contribution in [3.63, 3.8) is 0 Å². The number of carbonyl (C=O) groups is 1. The van der Waals surface area contributed by atoms with Crippen LogP contribution in [0.25, 0.3) is 0 Å². The van der Waals surface area contributed by atoms with Crippen molar-refractivity contribution >= 4 is 5.91 Å². The van der Waals surface area contributed by atoms with Gasteiger partial charge in [0.2, 0.25) is 5.91 Å². The summed E-state index contributed by atoms with van der Waals surface area (Å²) in [5.74, 6) is 0.263. The fraction of sp³-hybridized carbons (Fsp3) is 0.909. The van der Waals surface area contributed by atoms with Crippen molar-refractivity contribution in [1.82, 2.24) is 15.1 Å². The van der Waals surface area contributed by atoms with E-state index in [1.165, 1.54) is 0 Å². The topological polar surface area (TPSA) is 35.6 Å². The third kappa shape index (κ3) is 3.47. The van der Waals surface area contributed by atoms with E-state index in [2.05, 4.69) is 31.0 Å². The first-order chi connectivity index (χ1) is 7.04. The van der Waals surface area contributed by atoms with Gasteiger partial charge in [-0.05, 0) is 27.8 Å². The van der Waals surface area contributed by atoms with Crippen molar-refractivity contribution in [1.29, 1.82) is 0 Å². The Hall–Kier alpha value is -0.610. The highest BCUT2D eigenvalue weighted by molar-refractivity contribution is 5.79. The van der Waals surface area contributed by atoms with Gasteiger partial charge in [0.15, 0.2) is 0 Å². The molecule has 1 atom stereocenters. The molecule has 0 aliphatic carbocycles. The molecule has 0 aromatic rings. The lowest BCUT2D eigenvalue weighted by molar-refractivity contribution is -0.137. The zero-order valence-electron chi connectivity index (χ0n) is 10.3. The van der Waals surface area contributed by atoms with Gasteiger partial charge in [0.25, 0.3) is 0 Å². The summed E-state index contributed by atoms with van der Waals surface area (Å²) in [5, 5.41) is 3.19. The van der Waals surface area contributed by atoms with Crippen LogP contribution in [0.1, 0.15) is 20.8 Å². The van der Waals surface area contributed by atoms with E-state index in [4.69, 9.17) is 0 Å². The molecule has 1 amide bonds. The van der Waals surface area contributed by atoms with Gasteiger partial charge in [0.1, 0.15) is 0 Å². The van der Waals surface area contributed by atoms with E-state index in [1.54, 1.807) is 0 Å². The number of likely N-dealkylation sites (N-methyl/N-ethyl adjacent to an activating group) is 1. The number of amides is 1. The number of carbonyl (C=O) groups excluding carboxylic acids is 1. The normalized spacial score (nSPS) is 21.1. The lowest BCUT2D eigenvalue weighted by Crippen LogP contribution is -2.54. The van der Waals surface area contributed by atoms with Crippen molar-refractivity contribution in [3.8, 4) is 0 Å². The van der Waals surface area contributed by atoms with Crippen LogP contribution in [0.3, 0.4) is 0 Å². The summed E-state index contributed by atoms with van der Waals surface area (Å²) in [7, 11) is 1.96. The molecule has 0 aromatic heterocycles. The Kier molecular flexibility index (Phi) is 4.54. The van der Waals surface area contributed by atoms with Crippen molar-refractivity contribution in [2.45, 2.75) is 32.9 Å². The van der Waals surface area contributed by atoms with E-state index in [0.29, 0.717) is 18.6 Å². The Labute approximate surface area is 92.6 Å². The number of rotatable bonds is 4. The molecule has 1 N–H and O–H groups in total. The number of piperazine rings is 1. The molecule has 4 nitrogen and oxygen atoms in total. The third-order valence-electron chi connectivity index (χ3n) is 2.98. The first-order valence-corrected chi connectivity index (χ1v) is 5.73. The van der Waals surface area contributed by atoms with Crippen LogP contribution < -0.4 is 5.32 Å². The molecule has 4 heteroatoms. The molecule has 1 fully saturated rings. The third-order valence-corrected chi connectivity index (χ3v) is 2.98. The smallest absolute Gasteiger partial charge is 0.237 e. The molecule has 1 saturated heterocycles. The minimum absolute atomic E-state index is 0.263. The quantitative estimate of drug-likeness (QED) is 0.722. The fourth-order valence-corrected chi connectivity index (χ4v) is 1.92. The Morgan fingerprint density at radius 1 is 1.33 bits per heavy atom. The molecular weight excluding hydrogens is 190 g/mol. The van der Waals surface area contributed by atoms with Gasteiger partial charge in [-0.15, -0.1) is 0 Å². The molecule has 1 unspecified atom stereocenters. The molecule has 0 spiro atoms. The van der Waals surface area contributed by atoms with Crippen molar-refractivity contribution in [2.24, 2.45) is 0 Å². The first-order valence-electron chi connectivity index (χ1n) is 5.73. The maximum atomic E-state index is 11.8. The van der Waals surface area contributed by atoms with Crippen LogP contribution in [0.2, 0.25) is 0 Å². The number of hydrogen-bond donors (Lipinski definition) is 1. The summed E-state index contributed by atoms with van der Waals surface area (Å²) in [4.78, 5) is 16.0. The molecular formula is C11H23N3O. The second kappa shape index (κ2) is 5.47. The predicted molar refractivity (Wildman–Crippen MR) is 61.8 cm³/mol. The average molecular weight is 213 g/mol. The van der Waals surface area contributed by atoms with Crippen LogP contribution in [-0.4, -0.2) is 61.0 Å². The van der Waals surface area contributed by atoms with Gasteiger partial charge in [0.05, 0.1) is 6.54 Å². The van der Waals surface area contributed by atoms with Gasteiger partial charge in [-0.1, -0.05) is 0 Å². The standard InChI is InChI=1S/C11H23N3O/c1-9(2)14-6-5-13(8-11(14)15)7-10(3)12-4/h9-10,12H,5-8H2,1-4H3. The molecule has 1 heterocycles. The Balaban J connectivity index is 2.40. The minimum atomic E-state index is 0.263. The van der Waals surface area contributed by atoms with Crippen molar-refractivity contribution in [3.05, 3.63) is 0 Å². The highest BCUT2D eigenvalue weighted by Crippen LogP contribution is 2.07. The molecule has 0 aromatic carbocycles. The van der Waals surface area contributed by atoms with Crippen molar-refractivity contribution < 1.29 is 4.79 Å². The number of nitrogens with zero attached hydrogens (tertiary/aromatic N) is 2. The zero-order valence-corrected chi connectivity index (χ0v) is 10.3. The minimum Gasteiger partial charge on any atom is -0.338 e. The summed E-state index contributed by atoms with van der Waals surface area (Å²) in [5.41, 5.74) is 0. The largest absolute Gasteiger partial charge is 0.338 e. The second-order valence-corrected chi connectivity index (χ2v) is 4.61. The zero-order chi connectivity index (χ0) is 11.4.